The van der Waals surface area contributed by atoms with Crippen molar-refractivity contribution in [2.24, 2.45) is 5.92 Å². The van der Waals surface area contributed by atoms with E-state index in [1.54, 1.807) is 24.3 Å². The van der Waals surface area contributed by atoms with E-state index in [2.05, 4.69) is 27.0 Å². The fraction of sp³-hybridized carbons (Fsp3) is 0.308. The molecule has 0 spiro atoms. The molecule has 3 aliphatic heterocycles. The summed E-state index contributed by atoms with van der Waals surface area (Å²) in [5.74, 6) is 4.45. The lowest BCUT2D eigenvalue weighted by molar-refractivity contribution is -0.136. The summed E-state index contributed by atoms with van der Waals surface area (Å²) in [6, 6.07) is 7.58. The molecule has 2 saturated heterocycles. The molecule has 9 nitrogen and oxygen atoms in total. The zero-order valence-corrected chi connectivity index (χ0v) is 18.8. The van der Waals surface area contributed by atoms with Gasteiger partial charge in [-0.2, -0.15) is 0 Å². The molecule has 2 fully saturated rings. The van der Waals surface area contributed by atoms with Crippen LogP contribution in [-0.2, 0) is 9.59 Å². The van der Waals surface area contributed by atoms with Crippen molar-refractivity contribution in [1.82, 2.24) is 15.2 Å². The number of aldehydes is 1. The van der Waals surface area contributed by atoms with E-state index in [4.69, 9.17) is 0 Å². The molecule has 0 aliphatic carbocycles. The highest BCUT2D eigenvalue weighted by molar-refractivity contribution is 6.25. The van der Waals surface area contributed by atoms with Crippen LogP contribution < -0.4 is 10.2 Å². The minimum Gasteiger partial charge on any atom is -0.371 e. The first-order chi connectivity index (χ1) is 17.0. The van der Waals surface area contributed by atoms with Crippen molar-refractivity contribution in [3.05, 3.63) is 58.9 Å². The van der Waals surface area contributed by atoms with Crippen LogP contribution in [-0.4, -0.2) is 58.9 Å². The van der Waals surface area contributed by atoms with Crippen LogP contribution in [0.3, 0.4) is 0 Å². The number of benzene rings is 1. The smallest absolute Gasteiger partial charge is 0.264 e. The van der Waals surface area contributed by atoms with Crippen LogP contribution >= 0.6 is 0 Å². The van der Waals surface area contributed by atoms with Crippen LogP contribution in [0.1, 0.15) is 62.5 Å². The standard InChI is InChI=1S/C26H22N4O5/c31-15-17-5-7-18(27-14-17)6-4-16-10-12-29(13-11-16)20-3-1-2-19-23(20)26(35)30(25(19)34)21-8-9-22(32)28-24(21)33/h1-3,5,7,14-16,21H,8-13H2,(H,28,32,33). The zero-order chi connectivity index (χ0) is 24.5. The number of carbonyl (C=O) groups is 5. The van der Waals surface area contributed by atoms with E-state index in [9.17, 15) is 24.0 Å². The number of piperidine rings is 2. The van der Waals surface area contributed by atoms with Gasteiger partial charge in [0.15, 0.2) is 6.29 Å². The van der Waals surface area contributed by atoms with Crippen molar-refractivity contribution in [1.29, 1.82) is 0 Å². The van der Waals surface area contributed by atoms with Gasteiger partial charge in [0.25, 0.3) is 11.8 Å². The summed E-state index contributed by atoms with van der Waals surface area (Å²) in [4.78, 5) is 68.2. The van der Waals surface area contributed by atoms with Crippen molar-refractivity contribution in [2.45, 2.75) is 31.7 Å². The largest absolute Gasteiger partial charge is 0.371 e. The van der Waals surface area contributed by atoms with Gasteiger partial charge in [0.1, 0.15) is 11.7 Å². The lowest BCUT2D eigenvalue weighted by atomic mass is 9.95. The number of imide groups is 2. The van der Waals surface area contributed by atoms with Crippen LogP contribution in [0.25, 0.3) is 0 Å². The Hall–Kier alpha value is -4.32. The second-order valence-electron chi connectivity index (χ2n) is 8.77. The molecule has 2 aromatic rings. The fourth-order valence-corrected chi connectivity index (χ4v) is 4.75. The molecule has 1 unspecified atom stereocenters. The molecule has 9 heteroatoms. The van der Waals surface area contributed by atoms with E-state index in [1.165, 1.54) is 6.20 Å². The molecule has 5 rings (SSSR count). The van der Waals surface area contributed by atoms with Gasteiger partial charge in [-0.25, -0.2) is 4.98 Å². The van der Waals surface area contributed by atoms with Crippen LogP contribution in [0.4, 0.5) is 5.69 Å². The van der Waals surface area contributed by atoms with Gasteiger partial charge in [-0.05, 0) is 49.4 Å². The maximum atomic E-state index is 13.3. The average molecular weight is 470 g/mol. The topological polar surface area (TPSA) is 117 Å². The highest BCUT2D eigenvalue weighted by atomic mass is 16.2. The number of carbonyl (C=O) groups excluding carboxylic acids is 5. The van der Waals surface area contributed by atoms with Crippen LogP contribution in [0.15, 0.2) is 36.5 Å². The third kappa shape index (κ3) is 4.19. The number of hydrogen-bond acceptors (Lipinski definition) is 7. The predicted molar refractivity (Wildman–Crippen MR) is 125 cm³/mol. The minimum absolute atomic E-state index is 0.0853. The number of hydrogen-bond donors (Lipinski definition) is 1. The van der Waals surface area contributed by atoms with Crippen LogP contribution in [0, 0.1) is 17.8 Å². The number of pyridine rings is 1. The third-order valence-electron chi connectivity index (χ3n) is 6.61. The number of fused-ring (bicyclic) bond motifs is 1. The number of anilines is 1. The Morgan fingerprint density at radius 2 is 1.80 bits per heavy atom. The van der Waals surface area contributed by atoms with E-state index in [-0.39, 0.29) is 24.3 Å². The fourth-order valence-electron chi connectivity index (χ4n) is 4.75. The molecule has 0 saturated carbocycles. The van der Waals surface area contributed by atoms with Gasteiger partial charge in [0.2, 0.25) is 11.8 Å². The third-order valence-corrected chi connectivity index (χ3v) is 6.61. The molecule has 0 bridgehead atoms. The molecule has 1 aromatic heterocycles. The summed E-state index contributed by atoms with van der Waals surface area (Å²) in [6.07, 6.45) is 4.00. The molecule has 3 aliphatic rings. The normalized spacial score (nSPS) is 20.3. The molecule has 1 atom stereocenters. The van der Waals surface area contributed by atoms with Gasteiger partial charge in [0, 0.05) is 37.2 Å². The summed E-state index contributed by atoms with van der Waals surface area (Å²) in [6.45, 7) is 1.32. The molecular weight excluding hydrogens is 448 g/mol. The van der Waals surface area contributed by atoms with Gasteiger partial charge >= 0.3 is 0 Å². The Labute approximate surface area is 201 Å². The molecule has 0 radical (unpaired) electrons. The van der Waals surface area contributed by atoms with Crippen molar-refractivity contribution < 1.29 is 24.0 Å². The first-order valence-corrected chi connectivity index (χ1v) is 11.5. The number of nitrogens with one attached hydrogen (secondary N) is 1. The number of amides is 4. The van der Waals surface area contributed by atoms with Crippen molar-refractivity contribution in [3.63, 3.8) is 0 Å². The molecule has 176 valence electrons. The number of nitrogens with zero attached hydrogens (tertiary/aromatic N) is 3. The molecule has 4 heterocycles. The van der Waals surface area contributed by atoms with Crippen LogP contribution in [0.5, 0.6) is 0 Å². The minimum atomic E-state index is -0.983. The molecule has 1 aromatic carbocycles. The second kappa shape index (κ2) is 9.14. The van der Waals surface area contributed by atoms with E-state index in [0.717, 1.165) is 24.0 Å². The maximum absolute atomic E-state index is 13.3. The molecule has 4 amide bonds. The highest BCUT2D eigenvalue weighted by Crippen LogP contribution is 2.35. The lowest BCUT2D eigenvalue weighted by Gasteiger charge is -2.33. The van der Waals surface area contributed by atoms with Crippen LogP contribution in [0.2, 0.25) is 0 Å². The Bertz CT molecular complexity index is 1300. The monoisotopic (exact) mass is 470 g/mol. The van der Waals surface area contributed by atoms with Gasteiger partial charge < -0.3 is 4.90 Å². The SMILES string of the molecule is O=Cc1ccc(C#CC2CCN(c3cccc4c3C(=O)N(C3CCC(=O)NC3=O)C4=O)CC2)nc1. The predicted octanol–water partition coefficient (Wildman–Crippen LogP) is 1.56. The molecule has 1 N–H and O–H groups in total. The first-order valence-electron chi connectivity index (χ1n) is 11.5. The van der Waals surface area contributed by atoms with E-state index in [0.29, 0.717) is 35.6 Å². The number of aromatic nitrogens is 1. The van der Waals surface area contributed by atoms with Crippen molar-refractivity contribution in [3.8, 4) is 11.8 Å². The van der Waals surface area contributed by atoms with Gasteiger partial charge in [-0.1, -0.05) is 12.0 Å². The average Bonchev–Trinajstić information content (AvgIpc) is 3.13. The second-order valence-corrected chi connectivity index (χ2v) is 8.77. The van der Waals surface area contributed by atoms with E-state index < -0.39 is 29.7 Å². The lowest BCUT2D eigenvalue weighted by Crippen LogP contribution is -2.54. The number of rotatable bonds is 3. The molecular formula is C26H22N4O5. The van der Waals surface area contributed by atoms with E-state index >= 15 is 0 Å². The summed E-state index contributed by atoms with van der Waals surface area (Å²) >= 11 is 0. The summed E-state index contributed by atoms with van der Waals surface area (Å²) in [5.41, 5.74) is 2.38. The summed E-state index contributed by atoms with van der Waals surface area (Å²) in [5, 5.41) is 2.22. The highest BCUT2D eigenvalue weighted by Gasteiger charge is 2.46. The summed E-state index contributed by atoms with van der Waals surface area (Å²) in [7, 11) is 0. The Morgan fingerprint density at radius 3 is 2.49 bits per heavy atom. The molecule has 35 heavy (non-hydrogen) atoms. The van der Waals surface area contributed by atoms with Gasteiger partial charge in [-0.3, -0.25) is 34.2 Å². The van der Waals surface area contributed by atoms with Crippen molar-refractivity contribution >= 4 is 35.6 Å². The quantitative estimate of drug-likeness (QED) is 0.411. The summed E-state index contributed by atoms with van der Waals surface area (Å²) < 4.78 is 0. The maximum Gasteiger partial charge on any atom is 0.264 e. The van der Waals surface area contributed by atoms with E-state index in [1.807, 2.05) is 6.07 Å². The van der Waals surface area contributed by atoms with Gasteiger partial charge in [0.05, 0.1) is 16.8 Å². The Morgan fingerprint density at radius 1 is 1.00 bits per heavy atom. The zero-order valence-electron chi connectivity index (χ0n) is 18.8. The Balaban J connectivity index is 1.30. The van der Waals surface area contributed by atoms with Gasteiger partial charge in [-0.15, -0.1) is 0 Å². The first kappa shape index (κ1) is 22.5. The Kier molecular flexibility index (Phi) is 5.87. The van der Waals surface area contributed by atoms with Crippen molar-refractivity contribution in [2.75, 3.05) is 18.0 Å².